The molecule has 0 fully saturated rings. The fourth-order valence-electron chi connectivity index (χ4n) is 1.87. The van der Waals surface area contributed by atoms with Crippen molar-refractivity contribution in [3.8, 4) is 5.75 Å². The van der Waals surface area contributed by atoms with Crippen LogP contribution < -0.4 is 4.74 Å². The molecule has 0 unspecified atom stereocenters. The molecule has 0 aliphatic rings. The van der Waals surface area contributed by atoms with E-state index in [9.17, 15) is 9.90 Å². The monoisotopic (exact) mass is 317 g/mol. The number of rotatable bonds is 5. The maximum Gasteiger partial charge on any atom is 0.428 e. The minimum absolute atomic E-state index is 0. The molecule has 0 aliphatic carbocycles. The zero-order chi connectivity index (χ0) is 15.9. The second-order valence-corrected chi connectivity index (χ2v) is 4.62. The van der Waals surface area contributed by atoms with Crippen LogP contribution in [-0.2, 0) is 6.54 Å². The predicted molar refractivity (Wildman–Crippen MR) is 86.6 cm³/mol. The molecule has 1 aromatic heterocycles. The summed E-state index contributed by atoms with van der Waals surface area (Å²) in [6, 6.07) is 10.8. The Morgan fingerprint density at radius 1 is 1.30 bits per heavy atom. The quantitative estimate of drug-likeness (QED) is 0.673. The molecule has 122 valence electrons. The van der Waals surface area contributed by atoms with Crippen LogP contribution >= 0.6 is 0 Å². The third-order valence-corrected chi connectivity index (χ3v) is 3.06. The molecule has 23 heavy (non-hydrogen) atoms. The maximum atomic E-state index is 11.4. The zero-order valence-corrected chi connectivity index (χ0v) is 12.9. The molecule has 7 heteroatoms. The van der Waals surface area contributed by atoms with E-state index in [0.717, 1.165) is 21.9 Å². The van der Waals surface area contributed by atoms with Crippen LogP contribution in [0.2, 0.25) is 0 Å². The van der Waals surface area contributed by atoms with Gasteiger partial charge in [-0.15, -0.1) is 0 Å². The normalized spacial score (nSPS) is 10.6. The highest BCUT2D eigenvalue weighted by Gasteiger charge is 2.12. The lowest BCUT2D eigenvalue weighted by atomic mass is 10.2. The first-order chi connectivity index (χ1) is 10.6. The van der Waals surface area contributed by atoms with Gasteiger partial charge in [-0.1, -0.05) is 18.2 Å². The van der Waals surface area contributed by atoms with Crippen molar-refractivity contribution < 1.29 is 20.1 Å². The van der Waals surface area contributed by atoms with Crippen LogP contribution in [0.15, 0.2) is 53.9 Å². The minimum Gasteiger partial charge on any atom is -0.497 e. The molecule has 0 radical (unpaired) electrons. The Labute approximate surface area is 134 Å². The summed E-state index contributed by atoms with van der Waals surface area (Å²) in [4.78, 5) is 15.4. The molecule has 0 atom stereocenters. The van der Waals surface area contributed by atoms with Crippen LogP contribution in [-0.4, -0.2) is 39.5 Å². The van der Waals surface area contributed by atoms with Crippen molar-refractivity contribution in [1.29, 1.82) is 0 Å². The number of hydrogen-bond donors (Lipinski definition) is 1. The van der Waals surface area contributed by atoms with Crippen LogP contribution in [0.3, 0.4) is 0 Å². The van der Waals surface area contributed by atoms with E-state index in [1.54, 1.807) is 44.6 Å². The zero-order valence-electron chi connectivity index (χ0n) is 12.9. The number of nitrogens with zero attached hydrogens (tertiary/aromatic N) is 3. The molecule has 7 nitrogen and oxygen atoms in total. The number of carboxylic acid groups (broad SMARTS) is 1. The average molecular weight is 317 g/mol. The van der Waals surface area contributed by atoms with Crippen molar-refractivity contribution >= 4 is 11.8 Å². The number of pyridine rings is 1. The van der Waals surface area contributed by atoms with E-state index in [-0.39, 0.29) is 12.0 Å². The lowest BCUT2D eigenvalue weighted by Gasteiger charge is -2.15. The van der Waals surface area contributed by atoms with Crippen molar-refractivity contribution in [2.24, 2.45) is 5.10 Å². The van der Waals surface area contributed by atoms with Crippen molar-refractivity contribution in [2.75, 3.05) is 7.11 Å². The van der Waals surface area contributed by atoms with E-state index >= 15 is 0 Å². The number of ether oxygens (including phenoxy) is 1. The van der Waals surface area contributed by atoms with Gasteiger partial charge in [0.05, 0.1) is 19.4 Å². The number of benzene rings is 1. The predicted octanol–water partition coefficient (Wildman–Crippen LogP) is 2.17. The van der Waals surface area contributed by atoms with Gasteiger partial charge in [-0.3, -0.25) is 4.98 Å². The summed E-state index contributed by atoms with van der Waals surface area (Å²) in [5.74, 6) is 0.723. The number of hydrogen-bond acceptors (Lipinski definition) is 4. The van der Waals surface area contributed by atoms with Gasteiger partial charge in [0, 0.05) is 18.0 Å². The van der Waals surface area contributed by atoms with E-state index in [4.69, 9.17) is 4.74 Å². The molecular formula is C16H19N3O4. The highest BCUT2D eigenvalue weighted by molar-refractivity contribution is 5.98. The van der Waals surface area contributed by atoms with E-state index in [1.165, 1.54) is 0 Å². The summed E-state index contributed by atoms with van der Waals surface area (Å²) in [5, 5.41) is 14.5. The highest BCUT2D eigenvalue weighted by Crippen LogP contribution is 2.14. The molecule has 0 bridgehead atoms. The van der Waals surface area contributed by atoms with Gasteiger partial charge in [-0.2, -0.15) is 10.1 Å². The van der Waals surface area contributed by atoms with Crippen molar-refractivity contribution in [1.82, 2.24) is 9.99 Å². The molecule has 1 heterocycles. The number of methoxy groups -OCH3 is 1. The Bertz CT molecular complexity index is 657. The molecule has 2 aromatic rings. The van der Waals surface area contributed by atoms with Gasteiger partial charge in [-0.05, 0) is 30.7 Å². The van der Waals surface area contributed by atoms with Crippen LogP contribution in [0.25, 0.3) is 0 Å². The molecule has 0 aliphatic heterocycles. The van der Waals surface area contributed by atoms with Gasteiger partial charge in [-0.25, -0.2) is 4.79 Å². The van der Waals surface area contributed by atoms with E-state index in [1.807, 2.05) is 18.2 Å². The average Bonchev–Trinajstić information content (AvgIpc) is 2.55. The molecule has 1 amide bonds. The smallest absolute Gasteiger partial charge is 0.428 e. The number of aromatic nitrogens is 1. The lowest BCUT2D eigenvalue weighted by Crippen LogP contribution is -2.25. The lowest BCUT2D eigenvalue weighted by molar-refractivity contribution is 0.144. The summed E-state index contributed by atoms with van der Waals surface area (Å²) in [7, 11) is 1.58. The summed E-state index contributed by atoms with van der Waals surface area (Å²) in [6.07, 6.45) is 2.19. The standard InChI is InChI=1S/C16H17N3O3.H2O/c1-12(14-4-3-9-17-10-14)18-19(16(20)21)11-13-5-7-15(22-2)8-6-13;/h3-10H,11H2,1-2H3,(H,20,21);1H2/b18-12+;. The Morgan fingerprint density at radius 3 is 2.52 bits per heavy atom. The maximum absolute atomic E-state index is 11.4. The topological polar surface area (TPSA) is 107 Å². The molecule has 1 aromatic carbocycles. The fourth-order valence-corrected chi connectivity index (χ4v) is 1.87. The van der Waals surface area contributed by atoms with Crippen molar-refractivity contribution in [3.05, 3.63) is 59.9 Å². The molecular weight excluding hydrogens is 298 g/mol. The Morgan fingerprint density at radius 2 is 2.00 bits per heavy atom. The fraction of sp³-hybridized carbons (Fsp3) is 0.188. The van der Waals surface area contributed by atoms with E-state index < -0.39 is 6.09 Å². The molecule has 0 saturated heterocycles. The highest BCUT2D eigenvalue weighted by atomic mass is 16.5. The first-order valence-corrected chi connectivity index (χ1v) is 6.69. The third kappa shape index (κ3) is 5.08. The molecule has 2 rings (SSSR count). The Balaban J connectivity index is 0.00000264. The Kier molecular flexibility index (Phi) is 6.69. The molecule has 0 saturated carbocycles. The molecule has 3 N–H and O–H groups in total. The van der Waals surface area contributed by atoms with E-state index in [0.29, 0.717) is 5.71 Å². The second-order valence-electron chi connectivity index (χ2n) is 4.62. The van der Waals surface area contributed by atoms with Crippen molar-refractivity contribution in [3.63, 3.8) is 0 Å². The number of carbonyl (C=O) groups is 1. The van der Waals surface area contributed by atoms with Gasteiger partial charge in [0.25, 0.3) is 0 Å². The van der Waals surface area contributed by atoms with Gasteiger partial charge in [0.1, 0.15) is 5.75 Å². The SMILES string of the molecule is COc1ccc(CN(/N=C(\C)c2cccnc2)C(=O)O)cc1.O. The summed E-state index contributed by atoms with van der Waals surface area (Å²) in [5.41, 5.74) is 2.19. The van der Waals surface area contributed by atoms with Gasteiger partial charge >= 0.3 is 6.09 Å². The Hall–Kier alpha value is -2.93. The van der Waals surface area contributed by atoms with Crippen LogP contribution in [0.4, 0.5) is 4.79 Å². The minimum atomic E-state index is -1.11. The summed E-state index contributed by atoms with van der Waals surface area (Å²) >= 11 is 0. The van der Waals surface area contributed by atoms with Gasteiger partial charge < -0.3 is 15.3 Å². The largest absolute Gasteiger partial charge is 0.497 e. The van der Waals surface area contributed by atoms with Crippen molar-refractivity contribution in [2.45, 2.75) is 13.5 Å². The third-order valence-electron chi connectivity index (χ3n) is 3.06. The van der Waals surface area contributed by atoms with Gasteiger partial charge in [0.15, 0.2) is 0 Å². The number of hydrazone groups is 1. The van der Waals surface area contributed by atoms with Crippen LogP contribution in [0.1, 0.15) is 18.1 Å². The molecule has 0 spiro atoms. The van der Waals surface area contributed by atoms with Crippen LogP contribution in [0, 0.1) is 0 Å². The number of amides is 1. The summed E-state index contributed by atoms with van der Waals surface area (Å²) in [6.45, 7) is 1.91. The van der Waals surface area contributed by atoms with Gasteiger partial charge in [0.2, 0.25) is 0 Å². The first kappa shape index (κ1) is 18.1. The summed E-state index contributed by atoms with van der Waals surface area (Å²) < 4.78 is 5.08. The van der Waals surface area contributed by atoms with E-state index in [2.05, 4.69) is 10.1 Å². The van der Waals surface area contributed by atoms with Crippen LogP contribution in [0.5, 0.6) is 5.75 Å². The first-order valence-electron chi connectivity index (χ1n) is 6.69. The second kappa shape index (κ2) is 8.50.